The zero-order valence-corrected chi connectivity index (χ0v) is 12.3. The normalized spacial score (nSPS) is 15.0. The highest BCUT2D eigenvalue weighted by Crippen LogP contribution is 2.01. The first-order valence-electron chi connectivity index (χ1n) is 6.56. The van der Waals surface area contributed by atoms with E-state index in [2.05, 4.69) is 10.6 Å². The maximum atomic E-state index is 11.4. The first-order chi connectivity index (χ1) is 9.27. The molecule has 114 valence electrons. The first-order valence-corrected chi connectivity index (χ1v) is 6.56. The molecule has 0 bridgehead atoms. The summed E-state index contributed by atoms with van der Waals surface area (Å²) in [7, 11) is 0. The molecule has 2 amide bonds. The van der Waals surface area contributed by atoms with Crippen molar-refractivity contribution in [1.82, 2.24) is 10.6 Å². The van der Waals surface area contributed by atoms with Crippen molar-refractivity contribution in [1.29, 1.82) is 0 Å². The van der Waals surface area contributed by atoms with Crippen molar-refractivity contribution in [3.05, 3.63) is 24.6 Å². The highest BCUT2D eigenvalue weighted by Gasteiger charge is 2.17. The van der Waals surface area contributed by atoms with Crippen LogP contribution in [0.25, 0.3) is 0 Å². The fraction of sp³-hybridized carbons (Fsp3) is 0.571. The van der Waals surface area contributed by atoms with E-state index in [1.165, 1.54) is 24.6 Å². The summed E-state index contributed by atoms with van der Waals surface area (Å²) in [5.41, 5.74) is 0. The lowest BCUT2D eigenvalue weighted by molar-refractivity contribution is -0.131. The van der Waals surface area contributed by atoms with Crippen molar-refractivity contribution < 1.29 is 19.8 Å². The van der Waals surface area contributed by atoms with Gasteiger partial charge in [0, 0.05) is 12.4 Å². The Balaban J connectivity index is 4.05. The van der Waals surface area contributed by atoms with Gasteiger partial charge in [-0.3, -0.25) is 9.59 Å². The minimum absolute atomic E-state index is 0.157. The predicted molar refractivity (Wildman–Crippen MR) is 76.3 cm³/mol. The van der Waals surface area contributed by atoms with E-state index in [1.807, 2.05) is 0 Å². The second kappa shape index (κ2) is 9.28. The second-order valence-electron chi connectivity index (χ2n) is 5.11. The third-order valence-corrected chi connectivity index (χ3v) is 2.55. The van der Waals surface area contributed by atoms with Gasteiger partial charge in [0.1, 0.15) is 12.2 Å². The van der Waals surface area contributed by atoms with Crippen molar-refractivity contribution in [3.63, 3.8) is 0 Å². The molecule has 6 nitrogen and oxygen atoms in total. The molecule has 0 aliphatic rings. The summed E-state index contributed by atoms with van der Waals surface area (Å²) in [6.07, 6.45) is 3.60. The van der Waals surface area contributed by atoms with E-state index in [4.69, 9.17) is 0 Å². The molecule has 0 aromatic rings. The molecule has 0 aliphatic heterocycles. The highest BCUT2D eigenvalue weighted by atomic mass is 16.3. The number of carbonyl (C=O) groups is 2. The molecule has 0 aliphatic carbocycles. The van der Waals surface area contributed by atoms with Crippen molar-refractivity contribution in [2.24, 2.45) is 11.8 Å². The maximum Gasteiger partial charge on any atom is 0.253 e. The molecule has 0 saturated carbocycles. The van der Waals surface area contributed by atoms with Crippen molar-refractivity contribution in [3.8, 4) is 0 Å². The van der Waals surface area contributed by atoms with Crippen LogP contribution in [-0.4, -0.2) is 34.2 Å². The van der Waals surface area contributed by atoms with Crippen LogP contribution in [0.2, 0.25) is 0 Å². The standard InChI is InChI=1S/C14H24N2O4/c1-9(2)11(17)13(19)15-7-5-6-8-16-14(20)12(18)10(3)4/h5-12,17-18H,1-4H3,(H,15,19)(H,16,20)/b7-5-,8-6-/t11-,12-/m1/s1. The third kappa shape index (κ3) is 7.06. The maximum absolute atomic E-state index is 11.4. The smallest absolute Gasteiger partial charge is 0.253 e. The van der Waals surface area contributed by atoms with Crippen molar-refractivity contribution in [2.75, 3.05) is 0 Å². The van der Waals surface area contributed by atoms with E-state index in [0.29, 0.717) is 0 Å². The average molecular weight is 284 g/mol. The lowest BCUT2D eigenvalue weighted by Gasteiger charge is -2.12. The van der Waals surface area contributed by atoms with Gasteiger partial charge in [0.15, 0.2) is 0 Å². The Bertz CT molecular complexity index is 339. The summed E-state index contributed by atoms with van der Waals surface area (Å²) in [4.78, 5) is 22.7. The van der Waals surface area contributed by atoms with Gasteiger partial charge in [-0.1, -0.05) is 27.7 Å². The molecule has 0 rings (SSSR count). The Morgan fingerprint density at radius 1 is 0.800 bits per heavy atom. The minimum Gasteiger partial charge on any atom is -0.383 e. The van der Waals surface area contributed by atoms with Gasteiger partial charge < -0.3 is 20.8 Å². The summed E-state index contributed by atoms with van der Waals surface area (Å²) >= 11 is 0. The van der Waals surface area contributed by atoms with Crippen LogP contribution in [0.4, 0.5) is 0 Å². The Labute approximate surface area is 119 Å². The number of rotatable bonds is 7. The highest BCUT2D eigenvalue weighted by molar-refractivity contribution is 5.82. The molecular weight excluding hydrogens is 260 g/mol. The number of amides is 2. The van der Waals surface area contributed by atoms with Crippen molar-refractivity contribution in [2.45, 2.75) is 39.9 Å². The van der Waals surface area contributed by atoms with Crippen LogP contribution in [0.1, 0.15) is 27.7 Å². The van der Waals surface area contributed by atoms with Crippen LogP contribution in [0.5, 0.6) is 0 Å². The van der Waals surface area contributed by atoms with E-state index in [0.717, 1.165) is 0 Å². The topological polar surface area (TPSA) is 98.7 Å². The van der Waals surface area contributed by atoms with E-state index in [-0.39, 0.29) is 11.8 Å². The molecule has 0 spiro atoms. The van der Waals surface area contributed by atoms with Crippen LogP contribution in [0.15, 0.2) is 24.6 Å². The van der Waals surface area contributed by atoms with Crippen LogP contribution in [0, 0.1) is 11.8 Å². The lowest BCUT2D eigenvalue weighted by Crippen LogP contribution is -2.35. The van der Waals surface area contributed by atoms with E-state index in [1.54, 1.807) is 27.7 Å². The van der Waals surface area contributed by atoms with E-state index >= 15 is 0 Å². The molecule has 2 atom stereocenters. The van der Waals surface area contributed by atoms with Gasteiger partial charge in [0.2, 0.25) is 0 Å². The SMILES string of the molecule is CC(C)[C@@H](O)C(=O)N/C=C\C=C/NC(=O)[C@H](O)C(C)C. The third-order valence-electron chi connectivity index (χ3n) is 2.55. The van der Waals surface area contributed by atoms with E-state index in [9.17, 15) is 19.8 Å². The van der Waals surface area contributed by atoms with Gasteiger partial charge in [0.05, 0.1) is 0 Å². The number of hydrogen-bond acceptors (Lipinski definition) is 4. The molecule has 0 saturated heterocycles. The number of aliphatic hydroxyl groups is 2. The van der Waals surface area contributed by atoms with Gasteiger partial charge >= 0.3 is 0 Å². The van der Waals surface area contributed by atoms with Crippen LogP contribution < -0.4 is 10.6 Å². The zero-order valence-electron chi connectivity index (χ0n) is 12.3. The molecule has 0 aromatic carbocycles. The van der Waals surface area contributed by atoms with Gasteiger partial charge in [-0.2, -0.15) is 0 Å². The number of nitrogens with one attached hydrogen (secondary N) is 2. The van der Waals surface area contributed by atoms with Gasteiger partial charge in [-0.25, -0.2) is 0 Å². The molecule has 6 heteroatoms. The summed E-state index contributed by atoms with van der Waals surface area (Å²) < 4.78 is 0. The molecule has 4 N–H and O–H groups in total. The molecule has 0 radical (unpaired) electrons. The Morgan fingerprint density at radius 2 is 1.10 bits per heavy atom. The summed E-state index contributed by atoms with van der Waals surface area (Å²) in [5.74, 6) is -1.28. The summed E-state index contributed by atoms with van der Waals surface area (Å²) in [6.45, 7) is 6.96. The average Bonchev–Trinajstić information content (AvgIpc) is 2.39. The van der Waals surface area contributed by atoms with Crippen LogP contribution >= 0.6 is 0 Å². The number of carbonyl (C=O) groups excluding carboxylic acids is 2. The van der Waals surface area contributed by atoms with Crippen LogP contribution in [-0.2, 0) is 9.59 Å². The quantitative estimate of drug-likeness (QED) is 0.505. The molecule has 0 unspecified atom stereocenters. The van der Waals surface area contributed by atoms with Crippen molar-refractivity contribution >= 4 is 11.8 Å². The van der Waals surface area contributed by atoms with E-state index < -0.39 is 24.0 Å². The number of allylic oxidation sites excluding steroid dienone is 2. The second-order valence-corrected chi connectivity index (χ2v) is 5.11. The monoisotopic (exact) mass is 284 g/mol. The Kier molecular flexibility index (Phi) is 8.51. The molecule has 0 aromatic heterocycles. The largest absolute Gasteiger partial charge is 0.383 e. The number of aliphatic hydroxyl groups excluding tert-OH is 2. The fourth-order valence-electron chi connectivity index (χ4n) is 1.15. The molecule has 20 heavy (non-hydrogen) atoms. The first kappa shape index (κ1) is 18.3. The summed E-state index contributed by atoms with van der Waals surface area (Å²) in [5, 5.41) is 23.7. The predicted octanol–water partition coefficient (Wildman–Crippen LogP) is 0.280. The van der Waals surface area contributed by atoms with Gasteiger partial charge in [-0.05, 0) is 24.0 Å². The van der Waals surface area contributed by atoms with Gasteiger partial charge in [-0.15, -0.1) is 0 Å². The molecule has 0 heterocycles. The number of hydrogen-bond donors (Lipinski definition) is 4. The van der Waals surface area contributed by atoms with Crippen LogP contribution in [0.3, 0.4) is 0 Å². The molecular formula is C14H24N2O4. The fourth-order valence-corrected chi connectivity index (χ4v) is 1.15. The Morgan fingerprint density at radius 3 is 1.35 bits per heavy atom. The van der Waals surface area contributed by atoms with Gasteiger partial charge in [0.25, 0.3) is 11.8 Å². The minimum atomic E-state index is -1.05. The lowest BCUT2D eigenvalue weighted by atomic mass is 10.1. The Hall–Kier alpha value is -1.66. The molecule has 0 fully saturated rings. The summed E-state index contributed by atoms with van der Waals surface area (Å²) in [6, 6.07) is 0. The zero-order chi connectivity index (χ0) is 15.7.